The Balaban J connectivity index is 1.67. The number of amides is 3. The van der Waals surface area contributed by atoms with Crippen LogP contribution in [-0.2, 0) is 4.79 Å². The van der Waals surface area contributed by atoms with Crippen LogP contribution >= 0.6 is 0 Å². The SMILES string of the molecule is Cc1cc(C)cc(NC(=O)NC2=NN(c3ccccc3)C(=O)C2)c1. The van der Waals surface area contributed by atoms with Gasteiger partial charge in [-0.1, -0.05) is 24.3 Å². The second kappa shape index (κ2) is 6.54. The molecule has 0 fully saturated rings. The molecule has 3 rings (SSSR count). The Morgan fingerprint density at radius 3 is 2.38 bits per heavy atom. The number of nitrogens with one attached hydrogen (secondary N) is 2. The maximum atomic E-state index is 12.1. The summed E-state index contributed by atoms with van der Waals surface area (Å²) in [6.07, 6.45) is 0.0646. The van der Waals surface area contributed by atoms with E-state index in [-0.39, 0.29) is 12.3 Å². The average molecular weight is 322 g/mol. The van der Waals surface area contributed by atoms with Gasteiger partial charge in [0.2, 0.25) is 0 Å². The van der Waals surface area contributed by atoms with E-state index in [9.17, 15) is 9.59 Å². The standard InChI is InChI=1S/C18H18N4O2/c1-12-8-13(2)10-14(9-12)19-18(24)20-16-11-17(23)22(21-16)15-6-4-3-5-7-15/h3-10H,11H2,1-2H3,(H2,19,20,21,24). The minimum absolute atomic E-state index is 0.0646. The Hall–Kier alpha value is -3.15. The number of carbonyl (C=O) groups is 2. The Labute approximate surface area is 140 Å². The summed E-state index contributed by atoms with van der Waals surface area (Å²) in [5, 5.41) is 10.9. The van der Waals surface area contributed by atoms with Crippen LogP contribution in [0.1, 0.15) is 17.5 Å². The first-order valence-corrected chi connectivity index (χ1v) is 7.63. The molecule has 0 spiro atoms. The van der Waals surface area contributed by atoms with Crippen molar-refractivity contribution in [3.05, 3.63) is 59.7 Å². The molecule has 122 valence electrons. The van der Waals surface area contributed by atoms with Crippen molar-refractivity contribution < 1.29 is 9.59 Å². The molecule has 1 aliphatic heterocycles. The summed E-state index contributed by atoms with van der Waals surface area (Å²) in [6, 6.07) is 14.5. The molecule has 1 heterocycles. The molecule has 0 saturated heterocycles. The second-order valence-corrected chi connectivity index (χ2v) is 5.72. The van der Waals surface area contributed by atoms with Crippen LogP contribution in [0.15, 0.2) is 53.6 Å². The van der Waals surface area contributed by atoms with Crippen LogP contribution in [-0.4, -0.2) is 17.8 Å². The van der Waals surface area contributed by atoms with Gasteiger partial charge in [-0.15, -0.1) is 0 Å². The molecule has 6 heteroatoms. The number of aryl methyl sites for hydroxylation is 2. The molecule has 0 saturated carbocycles. The van der Waals surface area contributed by atoms with E-state index in [1.165, 1.54) is 5.01 Å². The molecular weight excluding hydrogens is 304 g/mol. The van der Waals surface area contributed by atoms with Crippen molar-refractivity contribution in [2.45, 2.75) is 20.3 Å². The highest BCUT2D eigenvalue weighted by Crippen LogP contribution is 2.19. The number of benzene rings is 2. The molecule has 0 unspecified atom stereocenters. The van der Waals surface area contributed by atoms with Crippen molar-refractivity contribution in [2.75, 3.05) is 10.3 Å². The summed E-state index contributed by atoms with van der Waals surface area (Å²) in [7, 11) is 0. The third-order valence-electron chi connectivity index (χ3n) is 3.51. The maximum Gasteiger partial charge on any atom is 0.324 e. The average Bonchev–Trinajstić information content (AvgIpc) is 2.87. The molecule has 0 aliphatic carbocycles. The number of hydrogen-bond acceptors (Lipinski definition) is 3. The molecule has 24 heavy (non-hydrogen) atoms. The summed E-state index contributed by atoms with van der Waals surface area (Å²) in [6.45, 7) is 3.93. The first-order valence-electron chi connectivity index (χ1n) is 7.63. The Morgan fingerprint density at radius 2 is 1.71 bits per heavy atom. The van der Waals surface area contributed by atoms with Crippen molar-refractivity contribution >= 4 is 29.1 Å². The van der Waals surface area contributed by atoms with Gasteiger partial charge in [0.05, 0.1) is 12.1 Å². The van der Waals surface area contributed by atoms with E-state index in [0.29, 0.717) is 17.2 Å². The summed E-state index contributed by atoms with van der Waals surface area (Å²) in [5.74, 6) is 0.147. The topological polar surface area (TPSA) is 73.8 Å². The van der Waals surface area contributed by atoms with Gasteiger partial charge in [0, 0.05) is 5.69 Å². The molecule has 0 atom stereocenters. The normalized spacial score (nSPS) is 13.7. The van der Waals surface area contributed by atoms with E-state index < -0.39 is 6.03 Å². The van der Waals surface area contributed by atoms with Gasteiger partial charge < -0.3 is 5.32 Å². The van der Waals surface area contributed by atoms with Gasteiger partial charge in [-0.3, -0.25) is 10.1 Å². The first-order chi connectivity index (χ1) is 11.5. The number of para-hydroxylation sites is 1. The number of carbonyl (C=O) groups excluding carboxylic acids is 2. The highest BCUT2D eigenvalue weighted by Gasteiger charge is 2.26. The third-order valence-corrected chi connectivity index (χ3v) is 3.51. The number of hydrogen-bond donors (Lipinski definition) is 2. The van der Waals surface area contributed by atoms with E-state index in [2.05, 4.69) is 15.7 Å². The predicted molar refractivity (Wildman–Crippen MR) is 94.1 cm³/mol. The van der Waals surface area contributed by atoms with E-state index in [1.807, 2.05) is 50.2 Å². The van der Waals surface area contributed by atoms with Crippen LogP contribution in [0.25, 0.3) is 0 Å². The zero-order chi connectivity index (χ0) is 17.1. The molecular formula is C18H18N4O2. The van der Waals surface area contributed by atoms with Gasteiger partial charge in [-0.05, 0) is 49.2 Å². The molecule has 0 bridgehead atoms. The molecule has 6 nitrogen and oxygen atoms in total. The number of nitrogens with zero attached hydrogens (tertiary/aromatic N) is 2. The van der Waals surface area contributed by atoms with Crippen LogP contribution in [0.4, 0.5) is 16.2 Å². The van der Waals surface area contributed by atoms with E-state index in [1.54, 1.807) is 12.1 Å². The lowest BCUT2D eigenvalue weighted by molar-refractivity contribution is -0.116. The number of hydrazone groups is 1. The smallest absolute Gasteiger partial charge is 0.308 e. The van der Waals surface area contributed by atoms with Crippen molar-refractivity contribution in [2.24, 2.45) is 5.10 Å². The first kappa shape index (κ1) is 15.7. The second-order valence-electron chi connectivity index (χ2n) is 5.72. The molecule has 0 radical (unpaired) electrons. The molecule has 2 aromatic carbocycles. The Bertz CT molecular complexity index is 795. The Kier molecular flexibility index (Phi) is 4.29. The zero-order valence-electron chi connectivity index (χ0n) is 13.5. The lowest BCUT2D eigenvalue weighted by Gasteiger charge is -2.10. The number of amidine groups is 1. The lowest BCUT2D eigenvalue weighted by atomic mass is 10.1. The van der Waals surface area contributed by atoms with Gasteiger partial charge in [0.25, 0.3) is 5.91 Å². The van der Waals surface area contributed by atoms with E-state index in [4.69, 9.17) is 0 Å². The highest BCUT2D eigenvalue weighted by atomic mass is 16.2. The van der Waals surface area contributed by atoms with Crippen LogP contribution in [0, 0.1) is 13.8 Å². The van der Waals surface area contributed by atoms with E-state index >= 15 is 0 Å². The van der Waals surface area contributed by atoms with Crippen LogP contribution in [0.5, 0.6) is 0 Å². The number of anilines is 2. The van der Waals surface area contributed by atoms with Gasteiger partial charge in [-0.2, -0.15) is 10.1 Å². The minimum Gasteiger partial charge on any atom is -0.308 e. The fraction of sp³-hybridized carbons (Fsp3) is 0.167. The number of urea groups is 1. The van der Waals surface area contributed by atoms with Gasteiger partial charge >= 0.3 is 6.03 Å². The fourth-order valence-electron chi connectivity index (χ4n) is 2.61. The van der Waals surface area contributed by atoms with Gasteiger partial charge in [-0.25, -0.2) is 4.79 Å². The zero-order valence-corrected chi connectivity index (χ0v) is 13.5. The third kappa shape index (κ3) is 3.60. The minimum atomic E-state index is -0.415. The predicted octanol–water partition coefficient (Wildman–Crippen LogP) is 3.18. The van der Waals surface area contributed by atoms with Crippen LogP contribution in [0.2, 0.25) is 0 Å². The number of rotatable bonds is 2. The molecule has 2 N–H and O–H groups in total. The quantitative estimate of drug-likeness (QED) is 0.891. The Morgan fingerprint density at radius 1 is 1.04 bits per heavy atom. The maximum absolute atomic E-state index is 12.1. The van der Waals surface area contributed by atoms with Gasteiger partial charge in [0.15, 0.2) is 0 Å². The highest BCUT2D eigenvalue weighted by molar-refractivity contribution is 6.16. The van der Waals surface area contributed by atoms with Crippen molar-refractivity contribution in [3.63, 3.8) is 0 Å². The largest absolute Gasteiger partial charge is 0.324 e. The summed E-state index contributed by atoms with van der Waals surface area (Å²) in [4.78, 5) is 24.2. The molecule has 1 aliphatic rings. The van der Waals surface area contributed by atoms with E-state index in [0.717, 1.165) is 11.1 Å². The van der Waals surface area contributed by atoms with Gasteiger partial charge in [0.1, 0.15) is 5.84 Å². The van der Waals surface area contributed by atoms with Crippen molar-refractivity contribution in [1.29, 1.82) is 0 Å². The molecule has 3 amide bonds. The van der Waals surface area contributed by atoms with Crippen LogP contribution in [0.3, 0.4) is 0 Å². The van der Waals surface area contributed by atoms with Crippen molar-refractivity contribution in [3.8, 4) is 0 Å². The fourth-order valence-corrected chi connectivity index (χ4v) is 2.61. The monoisotopic (exact) mass is 322 g/mol. The summed E-state index contributed by atoms with van der Waals surface area (Å²) >= 11 is 0. The molecule has 0 aromatic heterocycles. The van der Waals surface area contributed by atoms with Crippen LogP contribution < -0.4 is 15.6 Å². The van der Waals surface area contributed by atoms with Crippen molar-refractivity contribution in [1.82, 2.24) is 5.32 Å². The lowest BCUT2D eigenvalue weighted by Crippen LogP contribution is -2.33. The summed E-state index contributed by atoms with van der Waals surface area (Å²) in [5.41, 5.74) is 3.51. The molecule has 2 aromatic rings. The summed E-state index contributed by atoms with van der Waals surface area (Å²) < 4.78 is 0.